The molecule has 1 amide bonds. The predicted octanol–water partition coefficient (Wildman–Crippen LogP) is 3.67. The minimum absolute atomic E-state index is 0.0312. The molecule has 2 N–H and O–H groups in total. The highest BCUT2D eigenvalue weighted by Crippen LogP contribution is 2.28. The van der Waals surface area contributed by atoms with Crippen molar-refractivity contribution in [2.75, 3.05) is 44.7 Å². The lowest BCUT2D eigenvalue weighted by Gasteiger charge is -2.34. The Morgan fingerprint density at radius 3 is 2.63 bits per heavy atom. The molecular formula is C25H29N3O5S2. The average molecular weight is 516 g/mol. The van der Waals surface area contributed by atoms with Crippen molar-refractivity contribution >= 4 is 33.0 Å². The molecule has 0 unspecified atom stereocenters. The summed E-state index contributed by atoms with van der Waals surface area (Å²) in [6.45, 7) is 5.01. The van der Waals surface area contributed by atoms with Crippen LogP contribution in [-0.4, -0.2) is 59.2 Å². The number of hydrogen-bond acceptors (Lipinski definition) is 7. The summed E-state index contributed by atoms with van der Waals surface area (Å²) in [4.78, 5) is 16.6. The summed E-state index contributed by atoms with van der Waals surface area (Å²) in [5.74, 6) is 0.0823. The lowest BCUT2D eigenvalue weighted by molar-refractivity contribution is 0.0169. The van der Waals surface area contributed by atoms with Crippen LogP contribution in [0.25, 0.3) is 0 Å². The predicted molar refractivity (Wildman–Crippen MR) is 137 cm³/mol. The molecule has 8 nitrogen and oxygen atoms in total. The lowest BCUT2D eigenvalue weighted by atomic mass is 10.1. The number of thiophene rings is 1. The van der Waals surface area contributed by atoms with Crippen molar-refractivity contribution in [2.24, 2.45) is 0 Å². The molecule has 0 spiro atoms. The minimum Gasteiger partial charge on any atom is -0.495 e. The van der Waals surface area contributed by atoms with Crippen molar-refractivity contribution in [2.45, 2.75) is 17.9 Å². The van der Waals surface area contributed by atoms with Crippen LogP contribution in [0.3, 0.4) is 0 Å². The fraction of sp³-hybridized carbons (Fsp3) is 0.320. The number of hydrogen-bond donors (Lipinski definition) is 2. The van der Waals surface area contributed by atoms with Crippen LogP contribution in [0.1, 0.15) is 26.8 Å². The number of carbonyl (C=O) groups is 1. The monoisotopic (exact) mass is 515 g/mol. The SMILES string of the molecule is COc1ccccc1NS(=O)(=O)c1cc(C(=O)NC[C@H](c2cccs2)N2CCOCC2)ccc1C. The van der Waals surface area contributed by atoms with E-state index in [-0.39, 0.29) is 22.4 Å². The topological polar surface area (TPSA) is 97.0 Å². The van der Waals surface area contributed by atoms with Gasteiger partial charge in [0.15, 0.2) is 0 Å². The van der Waals surface area contributed by atoms with Gasteiger partial charge in [-0.3, -0.25) is 14.4 Å². The van der Waals surface area contributed by atoms with Gasteiger partial charge in [-0.2, -0.15) is 0 Å². The van der Waals surface area contributed by atoms with Gasteiger partial charge in [0.1, 0.15) is 5.75 Å². The molecule has 1 atom stereocenters. The van der Waals surface area contributed by atoms with E-state index in [1.165, 1.54) is 18.1 Å². The molecule has 1 fully saturated rings. The number of carbonyl (C=O) groups excluding carboxylic acids is 1. The molecule has 0 radical (unpaired) electrons. The maximum atomic E-state index is 13.2. The van der Waals surface area contributed by atoms with Crippen LogP contribution in [0.4, 0.5) is 5.69 Å². The third-order valence-corrected chi connectivity index (χ3v) is 8.39. The van der Waals surface area contributed by atoms with Crippen molar-refractivity contribution in [3.05, 3.63) is 76.0 Å². The molecule has 35 heavy (non-hydrogen) atoms. The Kier molecular flexibility index (Phi) is 8.07. The van der Waals surface area contributed by atoms with E-state index in [1.54, 1.807) is 54.7 Å². The third kappa shape index (κ3) is 6.02. The Bertz CT molecular complexity index is 1260. The number of nitrogens with zero attached hydrogens (tertiary/aromatic N) is 1. The summed E-state index contributed by atoms with van der Waals surface area (Å²) in [5, 5.41) is 5.02. The van der Waals surface area contributed by atoms with Crippen LogP contribution in [0, 0.1) is 6.92 Å². The molecule has 1 saturated heterocycles. The van der Waals surface area contributed by atoms with E-state index >= 15 is 0 Å². The Labute approximate surface area is 209 Å². The Morgan fingerprint density at radius 2 is 1.91 bits per heavy atom. The third-order valence-electron chi connectivity index (χ3n) is 5.91. The lowest BCUT2D eigenvalue weighted by Crippen LogP contribution is -2.43. The number of amides is 1. The van der Waals surface area contributed by atoms with Gasteiger partial charge in [-0.05, 0) is 48.2 Å². The summed E-state index contributed by atoms with van der Waals surface area (Å²) in [6, 6.07) is 15.6. The Balaban J connectivity index is 1.52. The van der Waals surface area contributed by atoms with Crippen LogP contribution < -0.4 is 14.8 Å². The first-order chi connectivity index (χ1) is 16.9. The van der Waals surface area contributed by atoms with Gasteiger partial charge >= 0.3 is 0 Å². The number of ether oxygens (including phenoxy) is 2. The van der Waals surface area contributed by atoms with Crippen molar-refractivity contribution in [3.8, 4) is 5.75 Å². The van der Waals surface area contributed by atoms with Crippen LogP contribution in [0.15, 0.2) is 64.9 Å². The van der Waals surface area contributed by atoms with E-state index in [9.17, 15) is 13.2 Å². The number of aryl methyl sites for hydroxylation is 1. The van der Waals surface area contributed by atoms with E-state index < -0.39 is 10.0 Å². The van der Waals surface area contributed by atoms with Crippen LogP contribution in [-0.2, 0) is 14.8 Å². The van der Waals surface area contributed by atoms with Gasteiger partial charge in [0.25, 0.3) is 15.9 Å². The number of nitrogens with one attached hydrogen (secondary N) is 2. The number of morpholine rings is 1. The summed E-state index contributed by atoms with van der Waals surface area (Å²) < 4.78 is 39.7. The first-order valence-corrected chi connectivity index (χ1v) is 13.6. The molecule has 186 valence electrons. The smallest absolute Gasteiger partial charge is 0.262 e. The van der Waals surface area contributed by atoms with Gasteiger partial charge in [0.05, 0.1) is 36.9 Å². The number of methoxy groups -OCH3 is 1. The van der Waals surface area contributed by atoms with Gasteiger partial charge < -0.3 is 14.8 Å². The van der Waals surface area contributed by atoms with Gasteiger partial charge in [0, 0.05) is 30.1 Å². The molecule has 4 rings (SSSR count). The summed E-state index contributed by atoms with van der Waals surface area (Å²) in [5.41, 5.74) is 1.14. The summed E-state index contributed by atoms with van der Waals surface area (Å²) >= 11 is 1.65. The van der Waals surface area contributed by atoms with E-state index in [2.05, 4.69) is 21.0 Å². The molecule has 0 bridgehead atoms. The van der Waals surface area contributed by atoms with Crippen molar-refractivity contribution < 1.29 is 22.7 Å². The van der Waals surface area contributed by atoms with Gasteiger partial charge in [0.2, 0.25) is 0 Å². The maximum absolute atomic E-state index is 13.2. The largest absolute Gasteiger partial charge is 0.495 e. The first-order valence-electron chi connectivity index (χ1n) is 11.3. The van der Waals surface area contributed by atoms with Crippen LogP contribution >= 0.6 is 11.3 Å². The fourth-order valence-electron chi connectivity index (χ4n) is 4.03. The quantitative estimate of drug-likeness (QED) is 0.451. The highest BCUT2D eigenvalue weighted by atomic mass is 32.2. The van der Waals surface area contributed by atoms with Gasteiger partial charge in [-0.15, -0.1) is 11.3 Å². The standard InChI is InChI=1S/C25H29N3O5S2/c1-18-9-10-19(16-24(18)35(30,31)27-20-6-3-4-7-22(20)32-2)25(29)26-17-21(23-8-5-15-34-23)28-11-13-33-14-12-28/h3-10,15-16,21,27H,11-14,17H2,1-2H3,(H,26,29)/t21-/m1/s1. The Hall–Kier alpha value is -2.92. The van der Waals surface area contributed by atoms with Crippen LogP contribution in [0.2, 0.25) is 0 Å². The summed E-state index contributed by atoms with van der Waals surface area (Å²) in [7, 11) is -2.47. The second kappa shape index (κ2) is 11.2. The number of anilines is 1. The van der Waals surface area contributed by atoms with Gasteiger partial charge in [-0.1, -0.05) is 24.3 Å². The first kappa shape index (κ1) is 25.2. The zero-order valence-corrected chi connectivity index (χ0v) is 21.3. The molecule has 0 aliphatic carbocycles. The molecule has 2 heterocycles. The number of para-hydroxylation sites is 2. The van der Waals surface area contributed by atoms with Crippen molar-refractivity contribution in [3.63, 3.8) is 0 Å². The van der Waals surface area contributed by atoms with Gasteiger partial charge in [-0.25, -0.2) is 8.42 Å². The van der Waals surface area contributed by atoms with E-state index in [0.29, 0.717) is 36.8 Å². The zero-order chi connectivity index (χ0) is 24.8. The zero-order valence-electron chi connectivity index (χ0n) is 19.7. The second-order valence-electron chi connectivity index (χ2n) is 8.18. The van der Waals surface area contributed by atoms with E-state index in [0.717, 1.165) is 13.1 Å². The molecule has 2 aromatic carbocycles. The minimum atomic E-state index is -3.95. The van der Waals surface area contributed by atoms with Crippen molar-refractivity contribution in [1.29, 1.82) is 0 Å². The number of rotatable bonds is 9. The number of sulfonamides is 1. The van der Waals surface area contributed by atoms with Crippen molar-refractivity contribution in [1.82, 2.24) is 10.2 Å². The van der Waals surface area contributed by atoms with E-state index in [4.69, 9.17) is 9.47 Å². The Morgan fingerprint density at radius 1 is 1.14 bits per heavy atom. The summed E-state index contributed by atoms with van der Waals surface area (Å²) in [6.07, 6.45) is 0. The average Bonchev–Trinajstić information content (AvgIpc) is 3.39. The molecular weight excluding hydrogens is 486 g/mol. The maximum Gasteiger partial charge on any atom is 0.262 e. The molecule has 1 aliphatic heterocycles. The highest BCUT2D eigenvalue weighted by Gasteiger charge is 2.25. The molecule has 0 saturated carbocycles. The van der Waals surface area contributed by atoms with E-state index in [1.807, 2.05) is 11.4 Å². The fourth-order valence-corrected chi connectivity index (χ4v) is 6.23. The number of benzene rings is 2. The molecule has 1 aromatic heterocycles. The molecule has 10 heteroatoms. The molecule has 3 aromatic rings. The molecule has 1 aliphatic rings. The normalized spacial score (nSPS) is 15.4. The highest BCUT2D eigenvalue weighted by molar-refractivity contribution is 7.92. The van der Waals surface area contributed by atoms with Crippen LogP contribution in [0.5, 0.6) is 5.75 Å². The second-order valence-corrected chi connectivity index (χ2v) is 10.8.